The Hall–Kier alpha value is -2.83. The van der Waals surface area contributed by atoms with Gasteiger partial charge in [0.2, 0.25) is 0 Å². The molecular formula is C24H31NO5. The van der Waals surface area contributed by atoms with Gasteiger partial charge in [0.1, 0.15) is 18.0 Å². The van der Waals surface area contributed by atoms with Crippen LogP contribution in [0.15, 0.2) is 54.6 Å². The van der Waals surface area contributed by atoms with Gasteiger partial charge in [-0.15, -0.1) is 0 Å². The molecule has 0 aliphatic carbocycles. The predicted octanol–water partition coefficient (Wildman–Crippen LogP) is 4.01. The Morgan fingerprint density at radius 2 is 1.63 bits per heavy atom. The Labute approximate surface area is 178 Å². The minimum Gasteiger partial charge on any atom is -0.491 e. The lowest BCUT2D eigenvalue weighted by Crippen LogP contribution is -2.44. The van der Waals surface area contributed by atoms with Crippen molar-refractivity contribution in [3.8, 4) is 16.9 Å². The second kappa shape index (κ2) is 11.4. The van der Waals surface area contributed by atoms with Crippen molar-refractivity contribution in [2.75, 3.05) is 19.8 Å². The lowest BCUT2D eigenvalue weighted by molar-refractivity contribution is 0.0458. The van der Waals surface area contributed by atoms with Crippen LogP contribution in [0.4, 0.5) is 4.79 Å². The third kappa shape index (κ3) is 8.27. The molecule has 0 heterocycles. The summed E-state index contributed by atoms with van der Waals surface area (Å²) in [6, 6.07) is 15.2. The van der Waals surface area contributed by atoms with E-state index in [4.69, 9.17) is 14.6 Å². The summed E-state index contributed by atoms with van der Waals surface area (Å²) in [6.45, 7) is 5.36. The Kier molecular flexibility index (Phi) is 8.89. The van der Waals surface area contributed by atoms with E-state index in [-0.39, 0.29) is 19.8 Å². The van der Waals surface area contributed by atoms with Gasteiger partial charge in [0.15, 0.2) is 0 Å². The fourth-order valence-corrected chi connectivity index (χ4v) is 2.64. The Morgan fingerprint density at radius 3 is 2.17 bits per heavy atom. The largest absolute Gasteiger partial charge is 0.491 e. The first kappa shape index (κ1) is 23.4. The second-order valence-corrected chi connectivity index (χ2v) is 7.90. The van der Waals surface area contributed by atoms with Gasteiger partial charge in [-0.2, -0.15) is 0 Å². The molecule has 0 saturated carbocycles. The lowest BCUT2D eigenvalue weighted by Gasteiger charge is -2.22. The molecule has 0 aromatic heterocycles. The number of aliphatic hydroxyl groups is 2. The molecule has 0 bridgehead atoms. The molecule has 0 radical (unpaired) electrons. The molecule has 0 aliphatic heterocycles. The summed E-state index contributed by atoms with van der Waals surface area (Å²) >= 11 is 0. The number of ether oxygens (including phenoxy) is 2. The van der Waals surface area contributed by atoms with Crippen LogP contribution in [0.5, 0.6) is 5.75 Å². The average Bonchev–Trinajstić information content (AvgIpc) is 2.71. The van der Waals surface area contributed by atoms with E-state index in [2.05, 4.69) is 5.32 Å². The van der Waals surface area contributed by atoms with Crippen LogP contribution in [-0.4, -0.2) is 47.8 Å². The summed E-state index contributed by atoms with van der Waals surface area (Å²) in [4.78, 5) is 11.8. The number of carbonyl (C=O) groups is 1. The predicted molar refractivity (Wildman–Crippen MR) is 118 cm³/mol. The average molecular weight is 414 g/mol. The summed E-state index contributed by atoms with van der Waals surface area (Å²) in [5, 5.41) is 20.9. The third-order valence-electron chi connectivity index (χ3n) is 4.10. The van der Waals surface area contributed by atoms with Crippen molar-refractivity contribution in [1.29, 1.82) is 0 Å². The molecule has 1 amide bonds. The highest BCUT2D eigenvalue weighted by atomic mass is 16.6. The van der Waals surface area contributed by atoms with E-state index in [0.29, 0.717) is 12.2 Å². The number of carbonyl (C=O) groups excluding carboxylic acids is 1. The highest BCUT2D eigenvalue weighted by Crippen LogP contribution is 2.23. The number of aliphatic hydroxyl groups excluding tert-OH is 2. The van der Waals surface area contributed by atoms with Crippen LogP contribution < -0.4 is 10.1 Å². The summed E-state index contributed by atoms with van der Waals surface area (Å²) in [7, 11) is 0. The third-order valence-corrected chi connectivity index (χ3v) is 4.10. The maximum Gasteiger partial charge on any atom is 0.408 e. The zero-order chi connectivity index (χ0) is 22.0. The first-order chi connectivity index (χ1) is 14.3. The van der Waals surface area contributed by atoms with Gasteiger partial charge >= 0.3 is 6.09 Å². The van der Waals surface area contributed by atoms with E-state index in [1.807, 2.05) is 60.7 Å². The van der Waals surface area contributed by atoms with Gasteiger partial charge in [0.25, 0.3) is 0 Å². The molecule has 0 saturated heterocycles. The van der Waals surface area contributed by atoms with Crippen LogP contribution in [0.2, 0.25) is 0 Å². The number of nitrogens with one attached hydrogen (secondary N) is 1. The van der Waals surface area contributed by atoms with Gasteiger partial charge in [-0.25, -0.2) is 4.79 Å². The van der Waals surface area contributed by atoms with Gasteiger partial charge in [-0.05, 0) is 56.0 Å². The van der Waals surface area contributed by atoms with Gasteiger partial charge < -0.3 is 25.0 Å². The van der Waals surface area contributed by atoms with E-state index in [1.165, 1.54) is 0 Å². The van der Waals surface area contributed by atoms with Crippen molar-refractivity contribution in [2.24, 2.45) is 0 Å². The summed E-state index contributed by atoms with van der Waals surface area (Å²) in [6.07, 6.45) is 3.99. The summed E-state index contributed by atoms with van der Waals surface area (Å²) in [5.41, 5.74) is 2.62. The van der Waals surface area contributed by atoms with E-state index in [9.17, 15) is 9.90 Å². The zero-order valence-electron chi connectivity index (χ0n) is 17.8. The van der Waals surface area contributed by atoms with Crippen molar-refractivity contribution < 1.29 is 24.5 Å². The number of amides is 1. The highest BCUT2D eigenvalue weighted by Gasteiger charge is 2.19. The van der Waals surface area contributed by atoms with Crippen molar-refractivity contribution in [3.05, 3.63) is 60.2 Å². The Balaban J connectivity index is 1.90. The molecule has 1 unspecified atom stereocenters. The lowest BCUT2D eigenvalue weighted by atomic mass is 10.0. The molecule has 3 N–H and O–H groups in total. The van der Waals surface area contributed by atoms with Gasteiger partial charge in [-0.1, -0.05) is 48.6 Å². The summed E-state index contributed by atoms with van der Waals surface area (Å²) in [5.74, 6) is 0.645. The Morgan fingerprint density at radius 1 is 1.03 bits per heavy atom. The first-order valence-corrected chi connectivity index (χ1v) is 10.0. The molecule has 2 aromatic carbocycles. The SMILES string of the molecule is CC(C)(C)OC(=O)NC(CO)COc1ccc(-c2ccc(/C=C/CCO)cc2)cc1. The molecular weight excluding hydrogens is 382 g/mol. The van der Waals surface area contributed by atoms with Crippen molar-refractivity contribution in [1.82, 2.24) is 5.32 Å². The Bertz CT molecular complexity index is 807. The van der Waals surface area contributed by atoms with E-state index in [1.54, 1.807) is 20.8 Å². The van der Waals surface area contributed by atoms with Crippen LogP contribution in [-0.2, 0) is 4.74 Å². The molecule has 162 valence electrons. The number of hydrogen-bond acceptors (Lipinski definition) is 5. The fraction of sp³-hybridized carbons (Fsp3) is 0.375. The van der Waals surface area contributed by atoms with E-state index >= 15 is 0 Å². The smallest absolute Gasteiger partial charge is 0.408 e. The van der Waals surface area contributed by atoms with Crippen molar-refractivity contribution in [3.63, 3.8) is 0 Å². The van der Waals surface area contributed by atoms with Crippen LogP contribution in [0.25, 0.3) is 17.2 Å². The normalized spacial score (nSPS) is 12.6. The first-order valence-electron chi connectivity index (χ1n) is 10.0. The quantitative estimate of drug-likeness (QED) is 0.578. The highest BCUT2D eigenvalue weighted by molar-refractivity contribution is 5.68. The maximum absolute atomic E-state index is 11.8. The van der Waals surface area contributed by atoms with Gasteiger partial charge in [-0.3, -0.25) is 0 Å². The molecule has 2 aromatic rings. The van der Waals surface area contributed by atoms with Crippen molar-refractivity contribution in [2.45, 2.75) is 38.8 Å². The molecule has 2 rings (SSSR count). The number of benzene rings is 2. The van der Waals surface area contributed by atoms with Gasteiger partial charge in [0, 0.05) is 6.61 Å². The molecule has 6 heteroatoms. The molecule has 0 aliphatic rings. The van der Waals surface area contributed by atoms with Crippen LogP contribution in [0.3, 0.4) is 0 Å². The molecule has 6 nitrogen and oxygen atoms in total. The topological polar surface area (TPSA) is 88.0 Å². The van der Waals surface area contributed by atoms with Crippen LogP contribution in [0, 0.1) is 0 Å². The number of rotatable bonds is 9. The molecule has 0 spiro atoms. The monoisotopic (exact) mass is 413 g/mol. The van der Waals surface area contributed by atoms with Crippen molar-refractivity contribution >= 4 is 12.2 Å². The summed E-state index contributed by atoms with van der Waals surface area (Å²) < 4.78 is 10.9. The molecule has 30 heavy (non-hydrogen) atoms. The number of alkyl carbamates (subject to hydrolysis) is 1. The zero-order valence-corrected chi connectivity index (χ0v) is 17.8. The molecule has 0 fully saturated rings. The maximum atomic E-state index is 11.8. The number of hydrogen-bond donors (Lipinski definition) is 3. The molecule has 1 atom stereocenters. The van der Waals surface area contributed by atoms with Crippen LogP contribution in [0.1, 0.15) is 32.8 Å². The van der Waals surface area contributed by atoms with Gasteiger partial charge in [0.05, 0.1) is 12.6 Å². The minimum absolute atomic E-state index is 0.129. The van der Waals surface area contributed by atoms with E-state index < -0.39 is 17.7 Å². The van der Waals surface area contributed by atoms with E-state index in [0.717, 1.165) is 16.7 Å². The minimum atomic E-state index is -0.602. The standard InChI is InChI=1S/C24H31NO5/c1-24(2,3)30-23(28)25-21(16-27)17-29-22-13-11-20(12-14-22)19-9-7-18(8-10-19)6-4-5-15-26/h4,6-14,21,26-27H,5,15-17H2,1-3H3,(H,25,28)/b6-4+. The fourth-order valence-electron chi connectivity index (χ4n) is 2.64. The second-order valence-electron chi connectivity index (χ2n) is 7.90. The van der Waals surface area contributed by atoms with Crippen LogP contribution >= 0.6 is 0 Å².